The fraction of sp³-hybridized carbons (Fsp3) is 0. The molecule has 0 unspecified atom stereocenters. The first-order valence-electron chi connectivity index (χ1n) is 0.812. The van der Waals surface area contributed by atoms with Gasteiger partial charge in [-0.25, -0.2) is 4.55 Å². The van der Waals surface area contributed by atoms with Crippen molar-refractivity contribution in [1.29, 1.82) is 0 Å². The quantitative estimate of drug-likeness (QED) is 0.485. The Morgan fingerprint density at radius 1 is 1.33 bits per heavy atom. The summed E-state index contributed by atoms with van der Waals surface area (Å²) in [4.78, 5) is 0. The van der Waals surface area contributed by atoms with Gasteiger partial charge in [-0.3, -0.25) is 0 Å². The topological polar surface area (TPSA) is 37.3 Å². The Kier molecular flexibility index (Phi) is 0.748. The molecule has 0 aliphatic heterocycles. The lowest BCUT2D eigenvalue weighted by molar-refractivity contribution is 0.336. The zero-order valence-corrected chi connectivity index (χ0v) is 3.21. The van der Waals surface area contributed by atoms with E-state index in [-0.39, 0.29) is 0 Å². The highest BCUT2D eigenvalue weighted by molar-refractivity contribution is 8.01. The molecular weight excluding hydrogens is 121 g/mol. The van der Waals surface area contributed by atoms with Gasteiger partial charge in [0.2, 0.25) is 10.5 Å². The molecular formula is HF3O2S. The summed E-state index contributed by atoms with van der Waals surface area (Å²) < 4.78 is 45.3. The Bertz CT molecular complexity index is 86.5. The van der Waals surface area contributed by atoms with Crippen molar-refractivity contribution in [3.05, 3.63) is 0 Å². The number of halogens is 3. The van der Waals surface area contributed by atoms with Crippen LogP contribution in [-0.4, -0.2) is 8.76 Å². The van der Waals surface area contributed by atoms with Crippen molar-refractivity contribution in [1.82, 2.24) is 0 Å². The van der Waals surface area contributed by atoms with Crippen LogP contribution in [0.4, 0.5) is 11.7 Å². The molecule has 0 aromatic heterocycles. The van der Waals surface area contributed by atoms with E-state index in [4.69, 9.17) is 8.76 Å². The third-order valence-electron chi connectivity index (χ3n) is 0. The van der Waals surface area contributed by atoms with Crippen LogP contribution in [0.3, 0.4) is 0 Å². The van der Waals surface area contributed by atoms with Crippen molar-refractivity contribution in [2.24, 2.45) is 0 Å². The third-order valence-corrected chi connectivity index (χ3v) is 0. The Hall–Kier alpha value is -0.100. The standard InChI is InChI=1S/F3HO2S/c1-6(2,3,4)5/h(H,4,5). The van der Waals surface area contributed by atoms with E-state index in [1.807, 2.05) is 0 Å². The highest BCUT2D eigenvalue weighted by Gasteiger charge is 2.19. The molecule has 0 atom stereocenters. The monoisotopic (exact) mass is 122 g/mol. The molecule has 40 valence electrons. The Morgan fingerprint density at radius 2 is 1.33 bits per heavy atom. The fourth-order valence-corrected chi connectivity index (χ4v) is 0. The van der Waals surface area contributed by atoms with Gasteiger partial charge in [0.15, 0.2) is 0 Å². The van der Waals surface area contributed by atoms with Crippen LogP contribution < -0.4 is 0 Å². The van der Waals surface area contributed by atoms with Crippen molar-refractivity contribution in [2.75, 3.05) is 0 Å². The molecule has 0 bridgehead atoms. The van der Waals surface area contributed by atoms with Crippen LogP contribution in [0.2, 0.25) is 0 Å². The first kappa shape index (κ1) is 5.90. The summed E-state index contributed by atoms with van der Waals surface area (Å²) >= 11 is 0. The predicted octanol–water partition coefficient (Wildman–Crippen LogP) is 0.933. The largest absolute Gasteiger partial charge is 0.230 e. The van der Waals surface area contributed by atoms with Crippen LogP contribution in [0.15, 0.2) is 0 Å². The van der Waals surface area contributed by atoms with Crippen LogP contribution >= 0.6 is 0 Å². The van der Waals surface area contributed by atoms with Crippen molar-refractivity contribution in [2.45, 2.75) is 0 Å². The molecule has 0 saturated carbocycles. The molecule has 0 aliphatic carbocycles. The molecule has 0 fully saturated rings. The molecule has 0 heterocycles. The molecule has 0 radical (unpaired) electrons. The van der Waals surface area contributed by atoms with E-state index in [0.29, 0.717) is 0 Å². The van der Waals surface area contributed by atoms with E-state index < -0.39 is 10.5 Å². The second-order valence-electron chi connectivity index (χ2n) is 0.646. The lowest BCUT2D eigenvalue weighted by Crippen LogP contribution is -2.06. The minimum absolute atomic E-state index is 6.54. The summed E-state index contributed by atoms with van der Waals surface area (Å²) in [6.07, 6.45) is 0. The van der Waals surface area contributed by atoms with Gasteiger partial charge >= 0.3 is 0 Å². The highest BCUT2D eigenvalue weighted by Crippen LogP contribution is 2.24. The summed E-state index contributed by atoms with van der Waals surface area (Å²) in [6, 6.07) is 0. The maximum atomic E-state index is 10.2. The Balaban J connectivity index is 4.16. The molecule has 0 aromatic rings. The number of rotatable bonds is 0. The van der Waals surface area contributed by atoms with E-state index >= 15 is 0 Å². The fourth-order valence-electron chi connectivity index (χ4n) is 0. The van der Waals surface area contributed by atoms with E-state index in [1.54, 1.807) is 0 Å². The van der Waals surface area contributed by atoms with Crippen molar-refractivity contribution in [3.63, 3.8) is 0 Å². The second kappa shape index (κ2) is 0.760. The number of hydrogen-bond acceptors (Lipinski definition) is 1. The van der Waals surface area contributed by atoms with Crippen LogP contribution in [0, 0.1) is 0 Å². The van der Waals surface area contributed by atoms with E-state index in [1.165, 1.54) is 0 Å². The van der Waals surface area contributed by atoms with Gasteiger partial charge in [-0.2, -0.15) is 0 Å². The van der Waals surface area contributed by atoms with Crippen LogP contribution in [0.1, 0.15) is 0 Å². The zero-order chi connectivity index (χ0) is 5.45. The average Bonchev–Trinajstić information content (AvgIpc) is 0.650. The molecule has 6 heavy (non-hydrogen) atoms. The smallest absolute Gasteiger partial charge is 0.212 e. The summed E-state index contributed by atoms with van der Waals surface area (Å²) in [5.41, 5.74) is 0. The van der Waals surface area contributed by atoms with Crippen LogP contribution in [0.25, 0.3) is 0 Å². The molecule has 0 amide bonds. The molecule has 0 saturated heterocycles. The van der Waals surface area contributed by atoms with Gasteiger partial charge < -0.3 is 0 Å². The molecule has 6 heteroatoms. The van der Waals surface area contributed by atoms with Gasteiger partial charge in [0, 0.05) is 0 Å². The summed E-state index contributed by atoms with van der Waals surface area (Å²) in [5.74, 6) is 0. The molecule has 0 spiro atoms. The Labute approximate surface area is 32.1 Å². The van der Waals surface area contributed by atoms with Gasteiger partial charge in [0.1, 0.15) is 0 Å². The van der Waals surface area contributed by atoms with Crippen molar-refractivity contribution >= 4 is 10.5 Å². The first-order chi connectivity index (χ1) is 2.24. The minimum atomic E-state index is -7.60. The maximum absolute atomic E-state index is 10.2. The minimum Gasteiger partial charge on any atom is -0.230 e. The van der Waals surface area contributed by atoms with Crippen LogP contribution in [0.5, 0.6) is 0 Å². The zero-order valence-electron chi connectivity index (χ0n) is 2.40. The summed E-state index contributed by atoms with van der Waals surface area (Å²) in [5, 5.41) is 0. The number of hydrogen-bond donors (Lipinski definition) is 1. The van der Waals surface area contributed by atoms with E-state index in [9.17, 15) is 11.7 Å². The maximum Gasteiger partial charge on any atom is 0.212 e. The predicted molar refractivity (Wildman–Crippen MR) is 14.1 cm³/mol. The lowest BCUT2D eigenvalue weighted by Gasteiger charge is -2.06. The molecule has 0 aliphatic rings. The van der Waals surface area contributed by atoms with Gasteiger partial charge in [0.05, 0.1) is 0 Å². The molecule has 0 rings (SSSR count). The van der Waals surface area contributed by atoms with Gasteiger partial charge in [-0.1, -0.05) is 0 Å². The van der Waals surface area contributed by atoms with E-state index in [0.717, 1.165) is 0 Å². The molecule has 1 N–H and O–H groups in total. The molecule has 0 aromatic carbocycles. The first-order valence-corrected chi connectivity index (χ1v) is 2.44. The average molecular weight is 122 g/mol. The lowest BCUT2D eigenvalue weighted by atomic mass is 15.9. The van der Waals surface area contributed by atoms with Crippen molar-refractivity contribution < 1.29 is 20.4 Å². The summed E-state index contributed by atoms with van der Waals surface area (Å²) in [6.45, 7) is 0. The van der Waals surface area contributed by atoms with Gasteiger partial charge in [-0.15, -0.1) is 4.21 Å². The highest BCUT2D eigenvalue weighted by atomic mass is 32.4. The SMILES string of the molecule is O=S(O)(F)(F)F. The van der Waals surface area contributed by atoms with Crippen molar-refractivity contribution in [3.8, 4) is 0 Å². The second-order valence-corrected chi connectivity index (χ2v) is 1.94. The molecule has 2 nitrogen and oxygen atoms in total. The van der Waals surface area contributed by atoms with Crippen LogP contribution in [-0.2, 0) is 10.5 Å². The van der Waals surface area contributed by atoms with Gasteiger partial charge in [-0.05, 0) is 11.7 Å². The van der Waals surface area contributed by atoms with E-state index in [2.05, 4.69) is 0 Å². The normalized spacial score (nSPS) is 19.0. The van der Waals surface area contributed by atoms with Gasteiger partial charge in [0.25, 0.3) is 0 Å². The Morgan fingerprint density at radius 3 is 1.33 bits per heavy atom. The third kappa shape index (κ3) is 3280. The summed E-state index contributed by atoms with van der Waals surface area (Å²) in [7, 11) is -7.60.